The topological polar surface area (TPSA) is 25.3 Å². The normalized spacial score (nSPS) is 12.3. The maximum absolute atomic E-state index is 11.4. The Morgan fingerprint density at radius 1 is 0.463 bits per heavy atom. The molecule has 2 aromatic carbocycles. The van der Waals surface area contributed by atoms with E-state index in [1.807, 2.05) is 0 Å². The molecule has 0 atom stereocenters. The second-order valence-corrected chi connectivity index (χ2v) is 15.5. The molecule has 2 aromatic rings. The average molecular weight is 784 g/mol. The van der Waals surface area contributed by atoms with Crippen molar-refractivity contribution in [2.75, 3.05) is 0 Å². The van der Waals surface area contributed by atoms with Crippen LogP contribution >= 0.6 is 0 Å². The molecule has 1 aliphatic rings. The first-order valence-electron chi connectivity index (χ1n) is 22.6. The van der Waals surface area contributed by atoms with Crippen LogP contribution in [0.3, 0.4) is 0 Å². The molecule has 0 aromatic heterocycles. The van der Waals surface area contributed by atoms with Gasteiger partial charge in [-0.3, -0.25) is 0 Å². The molecule has 0 saturated carbocycles. The van der Waals surface area contributed by atoms with Crippen LogP contribution in [0, 0.1) is 13.8 Å². The Balaban J connectivity index is 0.00000101. The Morgan fingerprint density at radius 2 is 0.815 bits per heavy atom. The van der Waals surface area contributed by atoms with Crippen molar-refractivity contribution in [3.05, 3.63) is 101 Å². The second kappa shape index (κ2) is 35.4. The number of hydrogen-bond donors (Lipinski definition) is 0. The zero-order chi connectivity index (χ0) is 38.9. The largest absolute Gasteiger partial charge is 2.00 e. The van der Waals surface area contributed by atoms with Crippen LogP contribution in [0.2, 0.25) is 0 Å². The quantitative estimate of drug-likeness (QED) is 0.0373. The Morgan fingerprint density at radius 3 is 1.20 bits per heavy atom. The van der Waals surface area contributed by atoms with Crippen LogP contribution in [0.25, 0.3) is 16.9 Å². The Labute approximate surface area is 347 Å². The van der Waals surface area contributed by atoms with E-state index in [0.29, 0.717) is 0 Å². The Bertz CT molecular complexity index is 1240. The molecule has 0 N–H and O–H groups in total. The van der Waals surface area contributed by atoms with Crippen molar-refractivity contribution in [3.8, 4) is 0 Å². The summed E-state index contributed by atoms with van der Waals surface area (Å²) in [6.45, 7) is 21.1. The van der Waals surface area contributed by atoms with Crippen LogP contribution in [-0.2, 0) is 29.3 Å². The zero-order valence-electron chi connectivity index (χ0n) is 36.3. The molecule has 1 heterocycles. The van der Waals surface area contributed by atoms with E-state index >= 15 is 0 Å². The third-order valence-electron chi connectivity index (χ3n) is 10.5. The van der Waals surface area contributed by atoms with Gasteiger partial charge in [0.05, 0.1) is 0 Å². The molecule has 0 unspecified atom stereocenters. The van der Waals surface area contributed by atoms with Crippen molar-refractivity contribution >= 4 is 11.4 Å². The van der Waals surface area contributed by atoms with Crippen molar-refractivity contribution < 1.29 is 21.2 Å². The van der Waals surface area contributed by atoms with Gasteiger partial charge in [-0.25, -0.2) is 4.70 Å². The van der Waals surface area contributed by atoms with Gasteiger partial charge in [-0.15, -0.1) is 0 Å². The van der Waals surface area contributed by atoms with Crippen molar-refractivity contribution in [2.24, 2.45) is 0 Å². The molecule has 3 rings (SSSR count). The molecule has 0 radical (unpaired) electrons. The number of allylic oxidation sites excluding steroid dienone is 2. The van der Waals surface area contributed by atoms with Crippen LogP contribution in [0.4, 0.5) is 0 Å². The summed E-state index contributed by atoms with van der Waals surface area (Å²) in [6, 6.07) is 17.5. The van der Waals surface area contributed by atoms with Gasteiger partial charge in [0.1, 0.15) is 0 Å². The number of hydrogen-bond acceptors (Lipinski definition) is 0. The molecule has 0 fully saturated rings. The summed E-state index contributed by atoms with van der Waals surface area (Å²) in [4.78, 5) is 0. The summed E-state index contributed by atoms with van der Waals surface area (Å²) in [6.07, 6.45) is 35.0. The molecule has 54 heavy (non-hydrogen) atoms. The molecule has 0 bridgehead atoms. The first-order chi connectivity index (χ1) is 25.9. The molecule has 0 saturated heterocycles. The van der Waals surface area contributed by atoms with E-state index in [1.165, 1.54) is 155 Å². The van der Waals surface area contributed by atoms with Gasteiger partial charge in [0.2, 0.25) is 11.4 Å². The summed E-state index contributed by atoms with van der Waals surface area (Å²) >= 11 is 0. The number of benzene rings is 2. The minimum atomic E-state index is 0. The standard InChI is InChI=1S/C29H38N2.2C11H23.Ni/c1-5-8-13-23-15-11-17-25(20-23)28-22(4)27(19-10-7-3)29(31(28)30)26-18-12-16-24(21-26)14-9-6-2;2*1-3-5-7-9-11-10-8-6-4-2;/h11-12,15-18,20-21H,5-10,13-14,19H2,1-4H3;2*1,3-11H2,2H3;/q;2*-1;+2. The van der Waals surface area contributed by atoms with E-state index in [0.717, 1.165) is 67.5 Å². The van der Waals surface area contributed by atoms with Crippen LogP contribution in [-0.4, -0.2) is 4.70 Å². The fourth-order valence-electron chi connectivity index (χ4n) is 7.15. The van der Waals surface area contributed by atoms with Gasteiger partial charge in [0.15, 0.2) is 0 Å². The minimum Gasteiger partial charge on any atom is -0.493 e. The van der Waals surface area contributed by atoms with Crippen LogP contribution in [0.1, 0.15) is 224 Å². The van der Waals surface area contributed by atoms with E-state index in [-0.39, 0.29) is 16.5 Å². The van der Waals surface area contributed by atoms with Crippen molar-refractivity contribution in [1.82, 2.24) is 0 Å². The van der Waals surface area contributed by atoms with E-state index in [9.17, 15) is 5.53 Å². The Kier molecular flexibility index (Phi) is 34.1. The predicted octanol–water partition coefficient (Wildman–Crippen LogP) is 17.5. The summed E-state index contributed by atoms with van der Waals surface area (Å²) in [5.74, 6) is 0. The molecule has 3 heteroatoms. The number of unbranched alkanes of at least 4 members (excludes halogenated alkanes) is 19. The molecule has 0 aliphatic carbocycles. The third-order valence-corrected chi connectivity index (χ3v) is 10.5. The monoisotopic (exact) mass is 783 g/mol. The van der Waals surface area contributed by atoms with E-state index in [4.69, 9.17) is 0 Å². The molecular formula is C51H84N2Ni. The number of nitrogens with zero attached hydrogens (tertiary/aromatic N) is 2. The Hall–Kier alpha value is -1.99. The summed E-state index contributed by atoms with van der Waals surface area (Å²) in [5, 5.41) is 0. The molecule has 2 nitrogen and oxygen atoms in total. The van der Waals surface area contributed by atoms with E-state index in [1.54, 1.807) is 0 Å². The average Bonchev–Trinajstić information content (AvgIpc) is 3.43. The van der Waals surface area contributed by atoms with Gasteiger partial charge in [-0.05, 0) is 80.8 Å². The fraction of sp³-hybridized carbons (Fsp3) is 0.647. The summed E-state index contributed by atoms with van der Waals surface area (Å²) in [7, 11) is 0. The van der Waals surface area contributed by atoms with Crippen LogP contribution in [0.15, 0.2) is 59.7 Å². The predicted molar refractivity (Wildman–Crippen MR) is 238 cm³/mol. The van der Waals surface area contributed by atoms with Gasteiger partial charge in [-0.2, -0.15) is 12.8 Å². The van der Waals surface area contributed by atoms with Gasteiger partial charge in [0, 0.05) is 22.3 Å². The zero-order valence-corrected chi connectivity index (χ0v) is 37.3. The summed E-state index contributed by atoms with van der Waals surface area (Å²) in [5.41, 5.74) is 20.8. The molecule has 1 aliphatic heterocycles. The van der Waals surface area contributed by atoms with E-state index < -0.39 is 0 Å². The van der Waals surface area contributed by atoms with Crippen LogP contribution < -0.4 is 0 Å². The first-order valence-corrected chi connectivity index (χ1v) is 22.6. The van der Waals surface area contributed by atoms with Crippen molar-refractivity contribution in [2.45, 2.75) is 215 Å². The second-order valence-electron chi connectivity index (χ2n) is 15.5. The van der Waals surface area contributed by atoms with E-state index in [2.05, 4.69) is 104 Å². The van der Waals surface area contributed by atoms with Gasteiger partial charge in [0.25, 0.3) is 0 Å². The molecule has 308 valence electrons. The maximum Gasteiger partial charge on any atom is 2.00 e. The SMILES string of the molecule is CCCCC1=C(c2cccc(CCCC)c2)[N+](=[N-])C(c2cccc(CCCC)c2)=C1C.[CH2-]CCCCCCCCCC.[CH2-]CCCCCCCCCC.[Ni+2]. The number of rotatable bonds is 27. The van der Waals surface area contributed by atoms with Gasteiger partial charge in [-0.1, -0.05) is 181 Å². The third kappa shape index (κ3) is 21.9. The molecular weight excluding hydrogens is 699 g/mol. The minimum absolute atomic E-state index is 0. The van der Waals surface area contributed by atoms with Crippen LogP contribution in [0.5, 0.6) is 0 Å². The van der Waals surface area contributed by atoms with Crippen molar-refractivity contribution in [3.63, 3.8) is 0 Å². The summed E-state index contributed by atoms with van der Waals surface area (Å²) < 4.78 is 1.47. The van der Waals surface area contributed by atoms with Crippen molar-refractivity contribution in [1.29, 1.82) is 0 Å². The molecule has 0 spiro atoms. The smallest absolute Gasteiger partial charge is 0.493 e. The number of aryl methyl sites for hydroxylation is 2. The fourth-order valence-corrected chi connectivity index (χ4v) is 7.15. The van der Waals surface area contributed by atoms with Gasteiger partial charge >= 0.3 is 16.5 Å². The first kappa shape index (κ1) is 52.0. The maximum atomic E-state index is 11.4. The molecule has 0 amide bonds. The van der Waals surface area contributed by atoms with Gasteiger partial charge < -0.3 is 19.4 Å².